The number of para-hydroxylation sites is 1. The van der Waals surface area contributed by atoms with Crippen LogP contribution in [0.4, 0.5) is 10.1 Å². The molecule has 0 bridgehead atoms. The average Bonchev–Trinajstić information content (AvgIpc) is 2.77. The van der Waals surface area contributed by atoms with E-state index >= 15 is 0 Å². The Labute approximate surface area is 178 Å². The fourth-order valence-electron chi connectivity index (χ4n) is 4.70. The maximum absolute atomic E-state index is 14.1. The number of phenolic OH excluding ortho intramolecular Hbond substituents is 1. The molecule has 2 heterocycles. The Morgan fingerprint density at radius 2 is 1.87 bits per heavy atom. The van der Waals surface area contributed by atoms with Crippen molar-refractivity contribution >= 4 is 5.69 Å². The minimum atomic E-state index is -0.130. The van der Waals surface area contributed by atoms with E-state index in [1.165, 1.54) is 18.4 Å². The Kier molecular flexibility index (Phi) is 6.75. The number of hydrogen-bond acceptors (Lipinski definition) is 5. The molecule has 6 heteroatoms. The van der Waals surface area contributed by atoms with Crippen LogP contribution in [0.3, 0.4) is 0 Å². The van der Waals surface area contributed by atoms with Gasteiger partial charge in [0.2, 0.25) is 0 Å². The van der Waals surface area contributed by atoms with E-state index in [1.54, 1.807) is 18.2 Å². The zero-order valence-corrected chi connectivity index (χ0v) is 17.8. The van der Waals surface area contributed by atoms with Crippen LogP contribution in [0.5, 0.6) is 11.5 Å². The highest BCUT2D eigenvalue weighted by Gasteiger charge is 2.28. The minimum absolute atomic E-state index is 0.130. The van der Waals surface area contributed by atoms with E-state index in [4.69, 9.17) is 4.74 Å². The van der Waals surface area contributed by atoms with Crippen molar-refractivity contribution in [1.29, 1.82) is 0 Å². The maximum Gasteiger partial charge on any atom is 0.161 e. The lowest BCUT2D eigenvalue weighted by Crippen LogP contribution is -2.55. The summed E-state index contributed by atoms with van der Waals surface area (Å²) < 4.78 is 19.6. The van der Waals surface area contributed by atoms with Crippen molar-refractivity contribution < 1.29 is 14.2 Å². The highest BCUT2D eigenvalue weighted by molar-refractivity contribution is 5.48. The summed E-state index contributed by atoms with van der Waals surface area (Å²) in [5.74, 6) is 0.632. The van der Waals surface area contributed by atoms with Crippen LogP contribution in [-0.4, -0.2) is 66.8 Å². The van der Waals surface area contributed by atoms with Crippen LogP contribution < -0.4 is 9.64 Å². The second-order valence-electron chi connectivity index (χ2n) is 8.24. The molecule has 2 saturated heterocycles. The first-order valence-corrected chi connectivity index (χ1v) is 11.0. The van der Waals surface area contributed by atoms with Gasteiger partial charge in [0, 0.05) is 45.3 Å². The number of likely N-dealkylation sites (tertiary alicyclic amines) is 1. The van der Waals surface area contributed by atoms with Gasteiger partial charge in [-0.2, -0.15) is 0 Å². The van der Waals surface area contributed by atoms with Crippen LogP contribution >= 0.6 is 0 Å². The van der Waals surface area contributed by atoms with Crippen molar-refractivity contribution in [3.63, 3.8) is 0 Å². The molecule has 1 unspecified atom stereocenters. The molecule has 2 fully saturated rings. The number of halogens is 1. The number of piperidine rings is 1. The number of ether oxygens (including phenoxy) is 1. The Bertz CT molecular complexity index is 839. The van der Waals surface area contributed by atoms with E-state index in [0.29, 0.717) is 18.4 Å². The summed E-state index contributed by atoms with van der Waals surface area (Å²) in [5, 5.41) is 9.93. The van der Waals surface area contributed by atoms with Gasteiger partial charge in [-0.15, -0.1) is 0 Å². The number of rotatable bonds is 6. The second-order valence-corrected chi connectivity index (χ2v) is 8.24. The van der Waals surface area contributed by atoms with Crippen molar-refractivity contribution in [2.45, 2.75) is 32.4 Å². The normalized spacial score (nSPS) is 21.0. The van der Waals surface area contributed by atoms with E-state index < -0.39 is 0 Å². The third kappa shape index (κ3) is 4.87. The van der Waals surface area contributed by atoms with Crippen LogP contribution in [0.15, 0.2) is 42.5 Å². The van der Waals surface area contributed by atoms with Crippen molar-refractivity contribution in [2.24, 2.45) is 0 Å². The molecule has 0 saturated carbocycles. The number of aromatic hydroxyl groups is 1. The molecule has 0 amide bonds. The monoisotopic (exact) mass is 413 g/mol. The summed E-state index contributed by atoms with van der Waals surface area (Å²) in [4.78, 5) is 7.24. The summed E-state index contributed by atoms with van der Waals surface area (Å²) in [6.07, 6.45) is 2.41. The second kappa shape index (κ2) is 9.67. The SMILES string of the molecule is CCOc1cc(CN2CCCC(N3CCN(c4ccccc4F)CC3)C2)ccc1O. The van der Waals surface area contributed by atoms with Crippen molar-refractivity contribution in [3.05, 3.63) is 53.8 Å². The van der Waals surface area contributed by atoms with E-state index in [2.05, 4.69) is 14.7 Å². The number of hydrogen-bond donors (Lipinski definition) is 1. The van der Waals surface area contributed by atoms with E-state index in [-0.39, 0.29) is 11.6 Å². The molecule has 0 aliphatic carbocycles. The molecule has 0 radical (unpaired) electrons. The lowest BCUT2D eigenvalue weighted by molar-refractivity contribution is 0.0886. The minimum Gasteiger partial charge on any atom is -0.504 e. The largest absolute Gasteiger partial charge is 0.504 e. The lowest BCUT2D eigenvalue weighted by Gasteiger charge is -2.44. The predicted octanol–water partition coefficient (Wildman–Crippen LogP) is 3.72. The molecule has 0 spiro atoms. The number of anilines is 1. The Morgan fingerprint density at radius 1 is 1.07 bits per heavy atom. The van der Waals surface area contributed by atoms with Crippen LogP contribution in [0, 0.1) is 5.82 Å². The first-order chi connectivity index (χ1) is 14.6. The molecule has 0 aromatic heterocycles. The van der Waals surface area contributed by atoms with Crippen LogP contribution in [0.1, 0.15) is 25.3 Å². The molecular weight excluding hydrogens is 381 g/mol. The summed E-state index contributed by atoms with van der Waals surface area (Å²) in [6, 6.07) is 13.3. The Morgan fingerprint density at radius 3 is 2.63 bits per heavy atom. The molecule has 2 aromatic rings. The summed E-state index contributed by atoms with van der Waals surface area (Å²) in [7, 11) is 0. The molecule has 5 nitrogen and oxygen atoms in total. The number of phenols is 1. The van der Waals surface area contributed by atoms with Crippen LogP contribution in [-0.2, 0) is 6.54 Å². The molecule has 2 aliphatic heterocycles. The summed E-state index contributed by atoms with van der Waals surface area (Å²) in [6.45, 7) is 9.16. The predicted molar refractivity (Wildman–Crippen MR) is 118 cm³/mol. The molecule has 162 valence electrons. The van der Waals surface area contributed by atoms with Gasteiger partial charge in [0.05, 0.1) is 12.3 Å². The number of piperazine rings is 1. The van der Waals surface area contributed by atoms with Crippen molar-refractivity contribution in [1.82, 2.24) is 9.80 Å². The summed E-state index contributed by atoms with van der Waals surface area (Å²) >= 11 is 0. The number of nitrogens with zero attached hydrogens (tertiary/aromatic N) is 3. The third-order valence-electron chi connectivity index (χ3n) is 6.23. The van der Waals surface area contributed by atoms with Gasteiger partial charge in [0.15, 0.2) is 11.5 Å². The fraction of sp³-hybridized carbons (Fsp3) is 0.500. The van der Waals surface area contributed by atoms with Crippen molar-refractivity contribution in [2.75, 3.05) is 50.8 Å². The quantitative estimate of drug-likeness (QED) is 0.782. The van der Waals surface area contributed by atoms with E-state index in [1.807, 2.05) is 31.2 Å². The molecule has 2 aromatic carbocycles. The highest BCUT2D eigenvalue weighted by atomic mass is 19.1. The number of benzene rings is 2. The lowest BCUT2D eigenvalue weighted by atomic mass is 10.0. The van der Waals surface area contributed by atoms with Crippen molar-refractivity contribution in [3.8, 4) is 11.5 Å². The smallest absolute Gasteiger partial charge is 0.161 e. The molecular formula is C24H32FN3O2. The summed E-state index contributed by atoms with van der Waals surface area (Å²) in [5.41, 5.74) is 1.89. The molecule has 1 N–H and O–H groups in total. The maximum atomic E-state index is 14.1. The van der Waals surface area contributed by atoms with Gasteiger partial charge in [0.25, 0.3) is 0 Å². The molecule has 1 atom stereocenters. The zero-order chi connectivity index (χ0) is 20.9. The average molecular weight is 414 g/mol. The van der Waals surface area contributed by atoms with Gasteiger partial charge in [-0.3, -0.25) is 9.80 Å². The van der Waals surface area contributed by atoms with Crippen LogP contribution in [0.25, 0.3) is 0 Å². The topological polar surface area (TPSA) is 39.2 Å². The third-order valence-corrected chi connectivity index (χ3v) is 6.23. The van der Waals surface area contributed by atoms with E-state index in [9.17, 15) is 9.50 Å². The van der Waals surface area contributed by atoms with Gasteiger partial charge < -0.3 is 14.7 Å². The van der Waals surface area contributed by atoms with E-state index in [0.717, 1.165) is 51.5 Å². The van der Waals surface area contributed by atoms with Crippen LogP contribution in [0.2, 0.25) is 0 Å². The first-order valence-electron chi connectivity index (χ1n) is 11.0. The van der Waals surface area contributed by atoms with Gasteiger partial charge in [-0.1, -0.05) is 18.2 Å². The zero-order valence-electron chi connectivity index (χ0n) is 17.8. The fourth-order valence-corrected chi connectivity index (χ4v) is 4.70. The Balaban J connectivity index is 1.32. The first kappa shape index (κ1) is 20.9. The molecule has 4 rings (SSSR count). The highest BCUT2D eigenvalue weighted by Crippen LogP contribution is 2.28. The van der Waals surface area contributed by atoms with Gasteiger partial charge in [0.1, 0.15) is 5.82 Å². The van der Waals surface area contributed by atoms with Gasteiger partial charge in [-0.25, -0.2) is 4.39 Å². The van der Waals surface area contributed by atoms with Gasteiger partial charge in [-0.05, 0) is 56.1 Å². The molecule has 2 aliphatic rings. The molecule has 30 heavy (non-hydrogen) atoms. The Hall–Kier alpha value is -2.31. The standard InChI is InChI=1S/C24H32FN3O2/c1-2-30-24-16-19(9-10-23(24)29)17-26-11-5-6-20(18-26)27-12-14-28(15-13-27)22-8-4-3-7-21(22)25/h3-4,7-10,16,20,29H,2,5-6,11-15,17-18H2,1H3. The van der Waals surface area contributed by atoms with Gasteiger partial charge >= 0.3 is 0 Å².